The third kappa shape index (κ3) is 6.49. The molecule has 1 aliphatic rings. The Labute approximate surface area is 221 Å². The molecule has 37 heavy (non-hydrogen) atoms. The summed E-state index contributed by atoms with van der Waals surface area (Å²) in [5.74, 6) is 0.614. The molecular weight excluding hydrogens is 491 g/mol. The lowest BCUT2D eigenvalue weighted by Crippen LogP contribution is -2.48. The van der Waals surface area contributed by atoms with Gasteiger partial charge < -0.3 is 19.3 Å². The molecule has 6 nitrogen and oxygen atoms in total. The Bertz CT molecular complexity index is 1230. The minimum Gasteiger partial charge on any atom is -0.493 e. The number of fused-ring (bicyclic) bond motifs is 1. The second-order valence-corrected chi connectivity index (χ2v) is 10.5. The van der Waals surface area contributed by atoms with E-state index in [1.807, 2.05) is 40.6 Å². The van der Waals surface area contributed by atoms with Crippen molar-refractivity contribution >= 4 is 23.2 Å². The van der Waals surface area contributed by atoms with Gasteiger partial charge in [-0.2, -0.15) is 0 Å². The van der Waals surface area contributed by atoms with Crippen LogP contribution >= 0.6 is 11.3 Å². The molecule has 0 N–H and O–H groups in total. The SMILES string of the molecule is COc1ccccc1OCC1c2ccsc2CCN1C(=O)CN(CCC(C)C)C(=O)c1cccc(F)c1. The molecule has 196 valence electrons. The van der Waals surface area contributed by atoms with Crippen LogP contribution in [0.1, 0.15) is 47.1 Å². The third-order valence-corrected chi connectivity index (χ3v) is 7.54. The van der Waals surface area contributed by atoms with Gasteiger partial charge in [-0.1, -0.05) is 32.0 Å². The maximum Gasteiger partial charge on any atom is 0.254 e. The summed E-state index contributed by atoms with van der Waals surface area (Å²) in [5, 5.41) is 2.04. The summed E-state index contributed by atoms with van der Waals surface area (Å²) < 4.78 is 25.4. The van der Waals surface area contributed by atoms with E-state index in [2.05, 4.69) is 13.8 Å². The smallest absolute Gasteiger partial charge is 0.254 e. The van der Waals surface area contributed by atoms with Gasteiger partial charge in [-0.3, -0.25) is 9.59 Å². The van der Waals surface area contributed by atoms with Crippen LogP contribution in [-0.2, 0) is 11.2 Å². The molecule has 1 aromatic heterocycles. The van der Waals surface area contributed by atoms with E-state index in [1.54, 1.807) is 29.4 Å². The van der Waals surface area contributed by atoms with Crippen LogP contribution in [0.15, 0.2) is 60.0 Å². The van der Waals surface area contributed by atoms with Crippen LogP contribution < -0.4 is 9.47 Å². The summed E-state index contributed by atoms with van der Waals surface area (Å²) in [7, 11) is 1.59. The Morgan fingerprint density at radius 2 is 1.92 bits per heavy atom. The first-order chi connectivity index (χ1) is 17.9. The van der Waals surface area contributed by atoms with Gasteiger partial charge in [-0.15, -0.1) is 11.3 Å². The standard InChI is InChI=1S/C29H33FN2O4S/c1-20(2)11-14-31(29(34)21-7-6-8-22(30)17-21)18-28(33)32-15-12-27-23(13-16-37-27)24(32)19-36-26-10-5-4-9-25(26)35-3/h4-10,13,16-17,20,24H,11-12,14-15,18-19H2,1-3H3. The van der Waals surface area contributed by atoms with Gasteiger partial charge in [0.2, 0.25) is 5.91 Å². The number of methoxy groups -OCH3 is 1. The van der Waals surface area contributed by atoms with Gasteiger partial charge >= 0.3 is 0 Å². The highest BCUT2D eigenvalue weighted by Crippen LogP contribution is 2.35. The van der Waals surface area contributed by atoms with E-state index >= 15 is 0 Å². The maximum atomic E-state index is 13.8. The van der Waals surface area contributed by atoms with Crippen LogP contribution in [0, 0.1) is 11.7 Å². The Morgan fingerprint density at radius 3 is 2.65 bits per heavy atom. The predicted molar refractivity (Wildman–Crippen MR) is 143 cm³/mol. The number of ether oxygens (including phenoxy) is 2. The summed E-state index contributed by atoms with van der Waals surface area (Å²) in [6.07, 6.45) is 1.50. The number of para-hydroxylation sites is 2. The molecule has 8 heteroatoms. The third-order valence-electron chi connectivity index (χ3n) is 6.54. The lowest BCUT2D eigenvalue weighted by molar-refractivity contribution is -0.135. The maximum absolute atomic E-state index is 13.8. The summed E-state index contributed by atoms with van der Waals surface area (Å²) in [6.45, 7) is 5.28. The highest BCUT2D eigenvalue weighted by molar-refractivity contribution is 7.10. The van der Waals surface area contributed by atoms with Crippen molar-refractivity contribution in [3.63, 3.8) is 0 Å². The van der Waals surface area contributed by atoms with Gasteiger partial charge in [0.25, 0.3) is 5.91 Å². The molecule has 0 aliphatic carbocycles. The Kier molecular flexibility index (Phi) is 8.82. The van der Waals surface area contributed by atoms with Crippen molar-refractivity contribution in [1.29, 1.82) is 0 Å². The van der Waals surface area contributed by atoms with Gasteiger partial charge in [0.1, 0.15) is 19.0 Å². The zero-order chi connectivity index (χ0) is 26.4. The minimum atomic E-state index is -0.476. The molecule has 2 amide bonds. The summed E-state index contributed by atoms with van der Waals surface area (Å²) in [4.78, 5) is 31.6. The molecule has 0 saturated heterocycles. The number of benzene rings is 2. The highest BCUT2D eigenvalue weighted by atomic mass is 32.1. The van der Waals surface area contributed by atoms with E-state index in [4.69, 9.17) is 9.47 Å². The first-order valence-electron chi connectivity index (χ1n) is 12.5. The van der Waals surface area contributed by atoms with Crippen LogP contribution in [-0.4, -0.2) is 55.0 Å². The number of nitrogens with zero attached hydrogens (tertiary/aromatic N) is 2. The van der Waals surface area contributed by atoms with Crippen molar-refractivity contribution in [2.75, 3.05) is 33.4 Å². The molecule has 1 unspecified atom stereocenters. The van der Waals surface area contributed by atoms with Crippen LogP contribution in [0.25, 0.3) is 0 Å². The molecule has 2 heterocycles. The molecule has 2 aromatic carbocycles. The van der Waals surface area contributed by atoms with Crippen molar-refractivity contribution in [2.45, 2.75) is 32.7 Å². The molecule has 4 rings (SSSR count). The number of rotatable bonds is 10. The summed E-state index contributed by atoms with van der Waals surface area (Å²) in [6, 6.07) is 14.8. The van der Waals surface area contributed by atoms with E-state index in [9.17, 15) is 14.0 Å². The Balaban J connectivity index is 1.55. The molecular formula is C29H33FN2O4S. The largest absolute Gasteiger partial charge is 0.493 e. The van der Waals surface area contributed by atoms with E-state index in [-0.39, 0.29) is 36.6 Å². The van der Waals surface area contributed by atoms with Crippen molar-refractivity contribution in [3.05, 3.63) is 81.8 Å². The lowest BCUT2D eigenvalue weighted by Gasteiger charge is -2.37. The molecule has 3 aromatic rings. The predicted octanol–water partition coefficient (Wildman–Crippen LogP) is 5.59. The quantitative estimate of drug-likeness (QED) is 0.347. The average Bonchev–Trinajstić information content (AvgIpc) is 3.38. The zero-order valence-electron chi connectivity index (χ0n) is 21.5. The molecule has 0 fully saturated rings. The first-order valence-corrected chi connectivity index (χ1v) is 13.4. The second kappa shape index (κ2) is 12.2. The fraction of sp³-hybridized carbons (Fsp3) is 0.379. The fourth-order valence-electron chi connectivity index (χ4n) is 4.51. The molecule has 0 bridgehead atoms. The van der Waals surface area contributed by atoms with Gasteiger partial charge in [-0.25, -0.2) is 4.39 Å². The van der Waals surface area contributed by atoms with Crippen molar-refractivity contribution in [1.82, 2.24) is 9.80 Å². The van der Waals surface area contributed by atoms with Crippen LogP contribution in [0.5, 0.6) is 11.5 Å². The average molecular weight is 525 g/mol. The number of thiophene rings is 1. The first kappa shape index (κ1) is 26.7. The van der Waals surface area contributed by atoms with Gasteiger partial charge in [0.05, 0.1) is 13.2 Å². The highest BCUT2D eigenvalue weighted by Gasteiger charge is 2.34. The molecule has 1 atom stereocenters. The minimum absolute atomic E-state index is 0.0767. The van der Waals surface area contributed by atoms with E-state index in [0.29, 0.717) is 30.5 Å². The molecule has 0 spiro atoms. The van der Waals surface area contributed by atoms with Crippen molar-refractivity contribution in [3.8, 4) is 11.5 Å². The number of carbonyl (C=O) groups excluding carboxylic acids is 2. The van der Waals surface area contributed by atoms with Crippen molar-refractivity contribution in [2.24, 2.45) is 5.92 Å². The number of hydrogen-bond donors (Lipinski definition) is 0. The van der Waals surface area contributed by atoms with Gasteiger partial charge in [0.15, 0.2) is 11.5 Å². The Hall–Kier alpha value is -3.39. The topological polar surface area (TPSA) is 59.1 Å². The molecule has 1 aliphatic heterocycles. The van der Waals surface area contributed by atoms with E-state index in [1.165, 1.54) is 23.1 Å². The number of halogens is 1. The summed E-state index contributed by atoms with van der Waals surface area (Å²) >= 11 is 1.68. The normalized spacial score (nSPS) is 14.8. The van der Waals surface area contributed by atoms with E-state index < -0.39 is 5.82 Å². The van der Waals surface area contributed by atoms with Crippen molar-refractivity contribution < 1.29 is 23.5 Å². The lowest BCUT2D eigenvalue weighted by atomic mass is 10.00. The Morgan fingerprint density at radius 1 is 1.14 bits per heavy atom. The summed E-state index contributed by atoms with van der Waals surface area (Å²) in [5.41, 5.74) is 1.32. The van der Waals surface area contributed by atoms with Gasteiger partial charge in [0, 0.05) is 23.5 Å². The fourth-order valence-corrected chi connectivity index (χ4v) is 5.43. The number of hydrogen-bond acceptors (Lipinski definition) is 5. The van der Waals surface area contributed by atoms with Crippen LogP contribution in [0.4, 0.5) is 4.39 Å². The van der Waals surface area contributed by atoms with E-state index in [0.717, 1.165) is 18.4 Å². The van der Waals surface area contributed by atoms with Crippen LogP contribution in [0.3, 0.4) is 0 Å². The number of carbonyl (C=O) groups is 2. The monoisotopic (exact) mass is 524 g/mol. The van der Waals surface area contributed by atoms with Gasteiger partial charge in [-0.05, 0) is 66.1 Å². The number of amides is 2. The van der Waals surface area contributed by atoms with Crippen LogP contribution in [0.2, 0.25) is 0 Å². The zero-order valence-corrected chi connectivity index (χ0v) is 22.3. The molecule has 0 saturated carbocycles. The molecule has 0 radical (unpaired) electrons. The second-order valence-electron chi connectivity index (χ2n) is 9.53.